The van der Waals surface area contributed by atoms with Gasteiger partial charge in [0.2, 0.25) is 5.91 Å². The molecule has 1 aromatic carbocycles. The van der Waals surface area contributed by atoms with E-state index in [0.29, 0.717) is 12.8 Å². The number of benzene rings is 1. The van der Waals surface area contributed by atoms with Crippen LogP contribution < -0.4 is 5.32 Å². The molecule has 1 fully saturated rings. The number of aromatic nitrogens is 1. The molecule has 2 aromatic rings. The zero-order chi connectivity index (χ0) is 18.2. The van der Waals surface area contributed by atoms with Gasteiger partial charge in [-0.25, -0.2) is 0 Å². The molecule has 132 valence electrons. The number of H-pyrrole nitrogens is 1. The molecule has 1 aromatic heterocycles. The number of carbonyl (C=O) groups excluding carboxylic acids is 2. The van der Waals surface area contributed by atoms with Crippen molar-refractivity contribution in [3.63, 3.8) is 0 Å². The fourth-order valence-electron chi connectivity index (χ4n) is 3.32. The molecule has 1 aliphatic rings. The maximum absolute atomic E-state index is 12.0. The number of aryl methyl sites for hydroxylation is 1. The van der Waals surface area contributed by atoms with E-state index in [0.717, 1.165) is 34.9 Å². The molecule has 0 bridgehead atoms. The van der Waals surface area contributed by atoms with Gasteiger partial charge in [0.1, 0.15) is 0 Å². The van der Waals surface area contributed by atoms with Gasteiger partial charge in [0.15, 0.2) is 11.7 Å². The number of hydrogen-bond donors (Lipinski definition) is 3. The summed E-state index contributed by atoms with van der Waals surface area (Å²) in [5, 5.41) is 12.1. The van der Waals surface area contributed by atoms with Gasteiger partial charge in [0, 0.05) is 41.7 Å². The number of hydrogen-bond acceptors (Lipinski definition) is 3. The Kier molecular flexibility index (Phi) is 4.37. The average molecular weight is 340 g/mol. The third-order valence-corrected chi connectivity index (χ3v) is 5.03. The molecule has 1 atom stereocenters. The zero-order valence-corrected chi connectivity index (χ0v) is 14.9. The molecular weight excluding hydrogens is 316 g/mol. The van der Waals surface area contributed by atoms with Gasteiger partial charge in [-0.2, -0.15) is 0 Å². The average Bonchev–Trinajstić information content (AvgIpc) is 2.99. The second kappa shape index (κ2) is 6.35. The summed E-state index contributed by atoms with van der Waals surface area (Å²) in [6.07, 6.45) is 4.32. The fraction of sp³-hybridized carbons (Fsp3) is 0.421. The number of aromatic amines is 1. The van der Waals surface area contributed by atoms with E-state index >= 15 is 0 Å². The summed E-state index contributed by atoms with van der Waals surface area (Å²) in [6.45, 7) is 3.84. The number of nitrogens with zero attached hydrogens (tertiary/aromatic N) is 1. The van der Waals surface area contributed by atoms with Crippen LogP contribution in [0.2, 0.25) is 0 Å². The number of ketones is 1. The van der Waals surface area contributed by atoms with Crippen molar-refractivity contribution in [2.45, 2.75) is 45.1 Å². The topological polar surface area (TPSA) is 89.1 Å². The summed E-state index contributed by atoms with van der Waals surface area (Å²) in [6, 6.07) is 5.75. The van der Waals surface area contributed by atoms with Crippen LogP contribution in [0.15, 0.2) is 24.4 Å². The molecule has 0 saturated carbocycles. The maximum atomic E-state index is 12.0. The molecule has 1 amide bonds. The highest BCUT2D eigenvalue weighted by molar-refractivity contribution is 6.00. The normalized spacial score (nSPS) is 20.8. The predicted molar refractivity (Wildman–Crippen MR) is 97.9 cm³/mol. The molecule has 2 heterocycles. The van der Waals surface area contributed by atoms with E-state index in [1.807, 2.05) is 38.2 Å². The van der Waals surface area contributed by atoms with Crippen LogP contribution in [0.25, 0.3) is 10.9 Å². The van der Waals surface area contributed by atoms with Crippen molar-refractivity contribution >= 4 is 28.6 Å². The molecule has 0 aliphatic carbocycles. The molecule has 25 heavy (non-hydrogen) atoms. The van der Waals surface area contributed by atoms with E-state index in [1.54, 1.807) is 7.05 Å². The van der Waals surface area contributed by atoms with Crippen LogP contribution in [-0.4, -0.2) is 40.1 Å². The number of guanidine groups is 1. The van der Waals surface area contributed by atoms with E-state index < -0.39 is 5.54 Å². The number of fused-ring (bicyclic) bond motifs is 1. The minimum Gasteiger partial charge on any atom is -0.361 e. The first-order valence-electron chi connectivity index (χ1n) is 8.59. The van der Waals surface area contributed by atoms with E-state index in [4.69, 9.17) is 5.41 Å². The predicted octanol–water partition coefficient (Wildman–Crippen LogP) is 2.84. The minimum atomic E-state index is -0.429. The van der Waals surface area contributed by atoms with Crippen molar-refractivity contribution in [3.8, 4) is 0 Å². The monoisotopic (exact) mass is 340 g/mol. The third kappa shape index (κ3) is 3.29. The van der Waals surface area contributed by atoms with Crippen LogP contribution in [0, 0.1) is 5.41 Å². The highest BCUT2D eigenvalue weighted by Crippen LogP contribution is 2.27. The quantitative estimate of drug-likeness (QED) is 0.731. The summed E-state index contributed by atoms with van der Waals surface area (Å²) in [5.74, 6) is 0.242. The number of Topliss-reactive ketones (excluding diaryl/α,β-unsaturated/α-hetero) is 1. The van der Waals surface area contributed by atoms with Gasteiger partial charge < -0.3 is 10.3 Å². The lowest BCUT2D eigenvalue weighted by atomic mass is 9.88. The summed E-state index contributed by atoms with van der Waals surface area (Å²) < 4.78 is 0. The van der Waals surface area contributed by atoms with Crippen LogP contribution in [0.1, 0.15) is 49.0 Å². The first-order valence-corrected chi connectivity index (χ1v) is 8.59. The Morgan fingerprint density at radius 3 is 2.84 bits per heavy atom. The van der Waals surface area contributed by atoms with Crippen molar-refractivity contribution in [3.05, 3.63) is 35.5 Å². The summed E-state index contributed by atoms with van der Waals surface area (Å²) in [7, 11) is 1.61. The van der Waals surface area contributed by atoms with Crippen LogP contribution in [0.3, 0.4) is 0 Å². The molecule has 0 radical (unpaired) electrons. The van der Waals surface area contributed by atoms with Crippen molar-refractivity contribution in [1.29, 1.82) is 5.41 Å². The second-order valence-corrected chi connectivity index (χ2v) is 7.01. The molecular formula is C19H24N4O2. The van der Waals surface area contributed by atoms with Crippen LogP contribution in [0.5, 0.6) is 0 Å². The van der Waals surface area contributed by atoms with Crippen molar-refractivity contribution in [2.75, 3.05) is 7.05 Å². The van der Waals surface area contributed by atoms with E-state index in [2.05, 4.69) is 10.3 Å². The highest BCUT2D eigenvalue weighted by atomic mass is 16.2. The Balaban J connectivity index is 1.80. The van der Waals surface area contributed by atoms with Gasteiger partial charge in [-0.1, -0.05) is 6.92 Å². The minimum absolute atomic E-state index is 0.0407. The van der Waals surface area contributed by atoms with Crippen molar-refractivity contribution in [2.24, 2.45) is 0 Å². The molecule has 1 saturated heterocycles. The van der Waals surface area contributed by atoms with Gasteiger partial charge >= 0.3 is 0 Å². The van der Waals surface area contributed by atoms with Crippen LogP contribution in [-0.2, 0) is 11.2 Å². The Bertz CT molecular complexity index is 834. The lowest BCUT2D eigenvalue weighted by molar-refractivity contribution is -0.129. The largest absolute Gasteiger partial charge is 0.361 e. The zero-order valence-electron chi connectivity index (χ0n) is 14.9. The van der Waals surface area contributed by atoms with E-state index in [9.17, 15) is 9.59 Å². The molecule has 3 rings (SSSR count). The van der Waals surface area contributed by atoms with Gasteiger partial charge in [-0.15, -0.1) is 0 Å². The standard InChI is InChI=1S/C19H24N4O2/c1-4-16(24)12-5-6-15-14(9-12)13(11-21-15)7-8-19(2)10-17(25)23(3)18(20)22-19/h5-6,9,11,21H,4,7-8,10H2,1-3H3,(H2,20,22)/t19-/m1/s1. The summed E-state index contributed by atoms with van der Waals surface area (Å²) >= 11 is 0. The van der Waals surface area contributed by atoms with Gasteiger partial charge in [0.25, 0.3) is 0 Å². The van der Waals surface area contributed by atoms with Gasteiger partial charge in [-0.3, -0.25) is 19.9 Å². The Morgan fingerprint density at radius 2 is 2.16 bits per heavy atom. The number of rotatable bonds is 5. The maximum Gasteiger partial charge on any atom is 0.231 e. The Hall–Kier alpha value is -2.63. The lowest BCUT2D eigenvalue weighted by Gasteiger charge is -2.39. The lowest BCUT2D eigenvalue weighted by Crippen LogP contribution is -2.60. The van der Waals surface area contributed by atoms with Crippen LogP contribution in [0.4, 0.5) is 0 Å². The second-order valence-electron chi connectivity index (χ2n) is 7.01. The number of carbonyl (C=O) groups is 2. The fourth-order valence-corrected chi connectivity index (χ4v) is 3.32. The Morgan fingerprint density at radius 1 is 1.40 bits per heavy atom. The molecule has 0 unspecified atom stereocenters. The number of amides is 1. The van der Waals surface area contributed by atoms with Gasteiger partial charge in [-0.05, 0) is 43.5 Å². The first kappa shape index (κ1) is 17.2. The highest BCUT2D eigenvalue weighted by Gasteiger charge is 2.36. The molecule has 6 heteroatoms. The molecule has 1 aliphatic heterocycles. The van der Waals surface area contributed by atoms with Crippen molar-refractivity contribution in [1.82, 2.24) is 15.2 Å². The van der Waals surface area contributed by atoms with E-state index in [-0.39, 0.29) is 17.6 Å². The van der Waals surface area contributed by atoms with Gasteiger partial charge in [0.05, 0.1) is 6.42 Å². The first-order chi connectivity index (χ1) is 11.8. The Labute approximate surface area is 147 Å². The summed E-state index contributed by atoms with van der Waals surface area (Å²) in [4.78, 5) is 28.6. The van der Waals surface area contributed by atoms with Crippen molar-refractivity contribution < 1.29 is 9.59 Å². The molecule has 0 spiro atoms. The van der Waals surface area contributed by atoms with E-state index in [1.165, 1.54) is 4.90 Å². The summed E-state index contributed by atoms with van der Waals surface area (Å²) in [5.41, 5.74) is 2.44. The SMILES string of the molecule is CCC(=O)c1ccc2[nH]cc(CC[C@]3(C)CC(=O)N(C)C(=N)N3)c2c1. The third-order valence-electron chi connectivity index (χ3n) is 5.03. The number of nitrogens with one attached hydrogen (secondary N) is 3. The molecule has 3 N–H and O–H groups in total. The van der Waals surface area contributed by atoms with Crippen LogP contribution >= 0.6 is 0 Å². The molecule has 6 nitrogen and oxygen atoms in total. The smallest absolute Gasteiger partial charge is 0.231 e.